The van der Waals surface area contributed by atoms with Gasteiger partial charge in [-0.25, -0.2) is 17.5 Å². The van der Waals surface area contributed by atoms with E-state index < -0.39 is 27.3 Å². The molecule has 0 radical (unpaired) electrons. The van der Waals surface area contributed by atoms with Gasteiger partial charge in [-0.3, -0.25) is 19.5 Å². The van der Waals surface area contributed by atoms with Crippen molar-refractivity contribution >= 4 is 33.6 Å². The molecule has 50 heavy (non-hydrogen) atoms. The second-order valence-corrected chi connectivity index (χ2v) is 14.9. The van der Waals surface area contributed by atoms with E-state index in [1.807, 2.05) is 23.1 Å². The highest BCUT2D eigenvalue weighted by molar-refractivity contribution is 7.92. The van der Waals surface area contributed by atoms with Crippen LogP contribution in [-0.2, 0) is 27.9 Å². The zero-order valence-corrected chi connectivity index (χ0v) is 29.6. The molecule has 1 spiro atoms. The van der Waals surface area contributed by atoms with Gasteiger partial charge >= 0.3 is 0 Å². The van der Waals surface area contributed by atoms with Crippen LogP contribution in [0.5, 0.6) is 0 Å². The van der Waals surface area contributed by atoms with Crippen LogP contribution in [0.15, 0.2) is 81.1 Å². The van der Waals surface area contributed by atoms with Crippen LogP contribution in [0.4, 0.5) is 10.3 Å². The molecule has 262 valence electrons. The van der Waals surface area contributed by atoms with Crippen molar-refractivity contribution < 1.29 is 26.9 Å². The van der Waals surface area contributed by atoms with E-state index in [1.165, 1.54) is 29.2 Å². The van der Waals surface area contributed by atoms with Crippen LogP contribution in [0.3, 0.4) is 0 Å². The smallest absolute Gasteiger partial charge is 0.264 e. The number of rotatable bonds is 12. The number of carbonyl (C=O) groups is 2. The number of hydrogen-bond donors (Lipinski definition) is 1. The quantitative estimate of drug-likeness (QED) is 0.164. The Morgan fingerprint density at radius 3 is 2.50 bits per heavy atom. The van der Waals surface area contributed by atoms with Gasteiger partial charge in [0, 0.05) is 36.7 Å². The average Bonchev–Trinajstić information content (AvgIpc) is 3.78. The van der Waals surface area contributed by atoms with Gasteiger partial charge in [-0.15, -0.1) is 0 Å². The Labute approximate surface area is 292 Å². The summed E-state index contributed by atoms with van der Waals surface area (Å²) >= 11 is 0. The number of anilines is 1. The van der Waals surface area contributed by atoms with Crippen molar-refractivity contribution in [2.45, 2.75) is 89.2 Å². The van der Waals surface area contributed by atoms with Gasteiger partial charge in [-0.1, -0.05) is 73.8 Å². The third kappa shape index (κ3) is 6.94. The maximum Gasteiger partial charge on any atom is 0.264 e. The lowest BCUT2D eigenvalue weighted by molar-refractivity contribution is -0.131. The largest absolute Gasteiger partial charge is 0.337 e. The summed E-state index contributed by atoms with van der Waals surface area (Å²) < 4.78 is 49.5. The standard InChI is InChI=1S/C38H42FN5O5S/c1-5-6-16-34-40-38(19-9-10-20-38)37(46)44(34)23-27-17-18-31(29(21-27)24-43(4)36(45)28-12-11-13-30(39)22-28)32-14-7-8-15-33(32)50(47,48)42-35-25(2)26(3)41-49-35/h7-8,11-15,17-18,21-22,42H,5-6,9-10,16,19-20,23-24H2,1-4H3. The third-order valence-electron chi connectivity index (χ3n) is 9.67. The number of nitrogens with zero attached hydrogens (tertiary/aromatic N) is 4. The first-order valence-electron chi connectivity index (χ1n) is 17.0. The first-order valence-corrected chi connectivity index (χ1v) is 18.5. The van der Waals surface area contributed by atoms with E-state index >= 15 is 0 Å². The molecule has 1 aliphatic heterocycles. The van der Waals surface area contributed by atoms with Crippen molar-refractivity contribution in [3.63, 3.8) is 0 Å². The summed E-state index contributed by atoms with van der Waals surface area (Å²) in [7, 11) is -2.53. The highest BCUT2D eigenvalue weighted by Crippen LogP contribution is 2.40. The molecule has 0 bridgehead atoms. The molecule has 0 unspecified atom stereocenters. The van der Waals surface area contributed by atoms with Crippen molar-refractivity contribution in [3.8, 4) is 11.1 Å². The summed E-state index contributed by atoms with van der Waals surface area (Å²) in [6, 6.07) is 17.7. The molecule has 12 heteroatoms. The fraction of sp³-hybridized carbons (Fsp3) is 0.368. The molecule has 0 saturated heterocycles. The van der Waals surface area contributed by atoms with E-state index in [0.29, 0.717) is 40.9 Å². The minimum Gasteiger partial charge on any atom is -0.337 e. The second-order valence-electron chi connectivity index (χ2n) is 13.2. The Morgan fingerprint density at radius 1 is 1.04 bits per heavy atom. The molecule has 1 N–H and O–H groups in total. The first-order chi connectivity index (χ1) is 23.9. The van der Waals surface area contributed by atoms with Crippen molar-refractivity contribution in [1.29, 1.82) is 0 Å². The number of amides is 2. The van der Waals surface area contributed by atoms with Crippen LogP contribution in [0.25, 0.3) is 11.1 Å². The Kier molecular flexibility index (Phi) is 9.93. The minimum atomic E-state index is -4.15. The number of unbranched alkanes of at least 4 members (excludes halogenated alkanes) is 1. The average molecular weight is 700 g/mol. The summed E-state index contributed by atoms with van der Waals surface area (Å²) in [5.41, 5.74) is 3.12. The van der Waals surface area contributed by atoms with Gasteiger partial charge in [0.1, 0.15) is 17.2 Å². The maximum absolute atomic E-state index is 14.1. The molecule has 1 aliphatic carbocycles. The SMILES string of the molecule is CCCCC1=NC2(CCCC2)C(=O)N1Cc1ccc(-c2ccccc2S(=O)(=O)Nc2onc(C)c2C)c(CN(C)C(=O)c2cccc(F)c2)c1. The fourth-order valence-corrected chi connectivity index (χ4v) is 8.07. The predicted molar refractivity (Wildman–Crippen MR) is 190 cm³/mol. The van der Waals surface area contributed by atoms with Gasteiger partial charge in [-0.05, 0) is 74.1 Å². The van der Waals surface area contributed by atoms with Crippen molar-refractivity contribution in [2.24, 2.45) is 4.99 Å². The lowest BCUT2D eigenvalue weighted by atomic mass is 9.95. The summed E-state index contributed by atoms with van der Waals surface area (Å²) in [4.78, 5) is 35.7. The number of aliphatic imine (C=N–C) groups is 1. The number of halogens is 1. The Bertz CT molecular complexity index is 2070. The van der Waals surface area contributed by atoms with E-state index in [1.54, 1.807) is 45.2 Å². The van der Waals surface area contributed by atoms with E-state index in [-0.39, 0.29) is 28.8 Å². The summed E-state index contributed by atoms with van der Waals surface area (Å²) in [6.45, 7) is 5.93. The van der Waals surface area contributed by atoms with Gasteiger partial charge < -0.3 is 9.42 Å². The van der Waals surface area contributed by atoms with Crippen LogP contribution in [0.2, 0.25) is 0 Å². The number of benzene rings is 3. The summed E-state index contributed by atoms with van der Waals surface area (Å²) in [6.07, 6.45) is 6.06. The number of carbonyl (C=O) groups excluding carboxylic acids is 2. The lowest BCUT2D eigenvalue weighted by Crippen LogP contribution is -2.40. The fourth-order valence-electron chi connectivity index (χ4n) is 6.80. The van der Waals surface area contributed by atoms with E-state index in [0.717, 1.165) is 49.9 Å². The van der Waals surface area contributed by atoms with Crippen LogP contribution in [0.1, 0.15) is 84.6 Å². The number of sulfonamides is 1. The van der Waals surface area contributed by atoms with Gasteiger partial charge in [-0.2, -0.15) is 0 Å². The minimum absolute atomic E-state index is 0.00782. The normalized spacial score (nSPS) is 15.5. The zero-order chi connectivity index (χ0) is 35.6. The molecule has 3 aromatic carbocycles. The number of nitrogens with one attached hydrogen (secondary N) is 1. The second kappa shape index (κ2) is 14.2. The van der Waals surface area contributed by atoms with Crippen LogP contribution >= 0.6 is 0 Å². The molecule has 4 aromatic rings. The molecule has 2 aliphatic rings. The van der Waals surface area contributed by atoms with Crippen molar-refractivity contribution in [2.75, 3.05) is 11.8 Å². The van der Waals surface area contributed by atoms with Gasteiger partial charge in [0.15, 0.2) is 0 Å². The zero-order valence-electron chi connectivity index (χ0n) is 28.8. The lowest BCUT2D eigenvalue weighted by Gasteiger charge is -2.24. The van der Waals surface area contributed by atoms with Crippen LogP contribution in [-0.4, -0.2) is 53.6 Å². The third-order valence-corrected chi connectivity index (χ3v) is 11.1. The molecule has 2 amide bonds. The van der Waals surface area contributed by atoms with Crippen LogP contribution < -0.4 is 4.72 Å². The van der Waals surface area contributed by atoms with Gasteiger partial charge in [0.05, 0.1) is 17.1 Å². The van der Waals surface area contributed by atoms with Crippen molar-refractivity contribution in [1.82, 2.24) is 15.0 Å². The molecule has 1 saturated carbocycles. The number of amidine groups is 1. The number of hydrogen-bond acceptors (Lipinski definition) is 7. The number of aryl methyl sites for hydroxylation is 1. The highest BCUT2D eigenvalue weighted by atomic mass is 32.2. The topological polar surface area (TPSA) is 125 Å². The molecule has 10 nitrogen and oxygen atoms in total. The Hall–Kier alpha value is -4.84. The molecule has 0 atom stereocenters. The summed E-state index contributed by atoms with van der Waals surface area (Å²) in [5.74, 6) is -0.0453. The maximum atomic E-state index is 14.1. The van der Waals surface area contributed by atoms with Crippen molar-refractivity contribution in [3.05, 3.63) is 100 Å². The molecule has 2 heterocycles. The highest BCUT2D eigenvalue weighted by Gasteiger charge is 2.49. The van der Waals surface area contributed by atoms with Gasteiger partial charge in [0.25, 0.3) is 21.8 Å². The molecular weight excluding hydrogens is 658 g/mol. The molecular formula is C38H42FN5O5S. The molecule has 1 fully saturated rings. The van der Waals surface area contributed by atoms with E-state index in [4.69, 9.17) is 9.52 Å². The monoisotopic (exact) mass is 699 g/mol. The van der Waals surface area contributed by atoms with Crippen LogP contribution in [0, 0.1) is 19.7 Å². The summed E-state index contributed by atoms with van der Waals surface area (Å²) in [5, 5.41) is 3.87. The van der Waals surface area contributed by atoms with E-state index in [2.05, 4.69) is 16.8 Å². The Balaban J connectivity index is 1.39. The van der Waals surface area contributed by atoms with Gasteiger partial charge in [0.2, 0.25) is 5.88 Å². The number of aromatic nitrogens is 1. The first kappa shape index (κ1) is 35.0. The van der Waals surface area contributed by atoms with E-state index in [9.17, 15) is 22.4 Å². The molecule has 6 rings (SSSR count). The predicted octanol–water partition coefficient (Wildman–Crippen LogP) is 7.41. The Morgan fingerprint density at radius 2 is 1.80 bits per heavy atom. The molecule has 1 aromatic heterocycles.